The van der Waals surface area contributed by atoms with E-state index in [0.29, 0.717) is 17.3 Å². The molecule has 0 aliphatic rings. The molecule has 0 aliphatic heterocycles. The van der Waals surface area contributed by atoms with Crippen molar-refractivity contribution in [3.05, 3.63) is 56.4 Å². The molecule has 106 valence electrons. The number of rotatable bonds is 4. The molecule has 4 nitrogen and oxygen atoms in total. The molecule has 1 heterocycles. The van der Waals surface area contributed by atoms with Crippen molar-refractivity contribution in [2.45, 2.75) is 26.4 Å². The van der Waals surface area contributed by atoms with Gasteiger partial charge in [-0.1, -0.05) is 35.3 Å². The summed E-state index contributed by atoms with van der Waals surface area (Å²) >= 11 is 12.0. The Hall–Kier alpha value is -1.52. The number of hydrogen-bond acceptors (Lipinski definition) is 3. The molecule has 0 aliphatic carbocycles. The summed E-state index contributed by atoms with van der Waals surface area (Å²) in [5.74, 6) is 0. The maximum Gasteiger partial charge on any atom is 0.287 e. The van der Waals surface area contributed by atoms with Crippen LogP contribution in [0.5, 0.6) is 0 Å². The monoisotopic (exact) mass is 311 g/mol. The fourth-order valence-electron chi connectivity index (χ4n) is 1.88. The van der Waals surface area contributed by atoms with Gasteiger partial charge in [0.1, 0.15) is 5.02 Å². The van der Waals surface area contributed by atoms with E-state index in [9.17, 15) is 4.79 Å². The lowest BCUT2D eigenvalue weighted by Crippen LogP contribution is -2.23. The van der Waals surface area contributed by atoms with Crippen LogP contribution in [0.15, 0.2) is 35.3 Å². The highest BCUT2D eigenvalue weighted by molar-refractivity contribution is 6.33. The number of anilines is 1. The number of aryl methyl sites for hydroxylation is 1. The molecule has 0 spiro atoms. The fourth-order valence-corrected chi connectivity index (χ4v) is 2.28. The van der Waals surface area contributed by atoms with Gasteiger partial charge in [-0.3, -0.25) is 4.79 Å². The Balaban J connectivity index is 2.26. The van der Waals surface area contributed by atoms with Crippen molar-refractivity contribution in [1.29, 1.82) is 0 Å². The Labute approximate surface area is 127 Å². The quantitative estimate of drug-likeness (QED) is 0.935. The fraction of sp³-hybridized carbons (Fsp3) is 0.286. The first-order chi connectivity index (χ1) is 9.52. The van der Waals surface area contributed by atoms with E-state index < -0.39 is 0 Å². The van der Waals surface area contributed by atoms with Crippen molar-refractivity contribution in [3.63, 3.8) is 0 Å². The van der Waals surface area contributed by atoms with Gasteiger partial charge in [-0.25, -0.2) is 4.68 Å². The van der Waals surface area contributed by atoms with Gasteiger partial charge in [0.15, 0.2) is 0 Å². The Kier molecular flexibility index (Phi) is 4.68. The second kappa shape index (κ2) is 6.29. The standard InChI is InChI=1S/C14H15Cl2N3O/c1-3-19-14(20)13(16)12(8-17-19)18-9(2)10-5-4-6-11(15)7-10/h4-9,18H,3H2,1-2H3. The maximum absolute atomic E-state index is 11.9. The first kappa shape index (κ1) is 14.9. The average Bonchev–Trinajstić information content (AvgIpc) is 2.44. The van der Waals surface area contributed by atoms with E-state index >= 15 is 0 Å². The average molecular weight is 312 g/mol. The molecule has 0 bridgehead atoms. The second-order valence-electron chi connectivity index (χ2n) is 4.41. The zero-order valence-corrected chi connectivity index (χ0v) is 12.7. The lowest BCUT2D eigenvalue weighted by Gasteiger charge is -2.17. The molecule has 2 aromatic rings. The molecular formula is C14H15Cl2N3O. The van der Waals surface area contributed by atoms with Crippen LogP contribution in [0, 0.1) is 0 Å². The lowest BCUT2D eigenvalue weighted by molar-refractivity contribution is 0.615. The minimum absolute atomic E-state index is 0.0372. The SMILES string of the molecule is CCn1ncc(NC(C)c2cccc(Cl)c2)c(Cl)c1=O. The van der Waals surface area contributed by atoms with Gasteiger partial charge >= 0.3 is 0 Å². The maximum atomic E-state index is 11.9. The molecular weight excluding hydrogens is 297 g/mol. The number of halogens is 2. The first-order valence-corrected chi connectivity index (χ1v) is 7.06. The predicted octanol–water partition coefficient (Wildman–Crippen LogP) is 3.74. The molecule has 0 radical (unpaired) electrons. The summed E-state index contributed by atoms with van der Waals surface area (Å²) in [5, 5.41) is 8.05. The first-order valence-electron chi connectivity index (χ1n) is 6.30. The van der Waals surface area contributed by atoms with Gasteiger partial charge in [0.25, 0.3) is 5.56 Å². The molecule has 0 saturated heterocycles. The summed E-state index contributed by atoms with van der Waals surface area (Å²) in [6.45, 7) is 4.29. The van der Waals surface area contributed by atoms with E-state index in [-0.39, 0.29) is 16.6 Å². The molecule has 0 fully saturated rings. The highest BCUT2D eigenvalue weighted by Crippen LogP contribution is 2.24. The number of hydrogen-bond donors (Lipinski definition) is 1. The molecule has 20 heavy (non-hydrogen) atoms. The summed E-state index contributed by atoms with van der Waals surface area (Å²) in [5.41, 5.74) is 1.24. The zero-order valence-electron chi connectivity index (χ0n) is 11.2. The number of nitrogens with one attached hydrogen (secondary N) is 1. The van der Waals surface area contributed by atoms with Crippen LogP contribution in [0.2, 0.25) is 10.0 Å². The van der Waals surface area contributed by atoms with Gasteiger partial charge in [0, 0.05) is 17.6 Å². The predicted molar refractivity (Wildman–Crippen MR) is 82.7 cm³/mol. The number of aromatic nitrogens is 2. The molecule has 1 aromatic carbocycles. The highest BCUT2D eigenvalue weighted by Gasteiger charge is 2.12. The third kappa shape index (κ3) is 3.14. The van der Waals surface area contributed by atoms with E-state index in [1.165, 1.54) is 4.68 Å². The van der Waals surface area contributed by atoms with Crippen LogP contribution in [0.3, 0.4) is 0 Å². The van der Waals surface area contributed by atoms with Gasteiger partial charge < -0.3 is 5.32 Å². The Morgan fingerprint density at radius 3 is 2.80 bits per heavy atom. The van der Waals surface area contributed by atoms with Crippen LogP contribution in [-0.4, -0.2) is 9.78 Å². The molecule has 0 saturated carbocycles. The van der Waals surface area contributed by atoms with Crippen molar-refractivity contribution >= 4 is 28.9 Å². The lowest BCUT2D eigenvalue weighted by atomic mass is 10.1. The van der Waals surface area contributed by atoms with Crippen LogP contribution in [0.4, 0.5) is 5.69 Å². The van der Waals surface area contributed by atoms with E-state index in [1.807, 2.05) is 38.1 Å². The zero-order chi connectivity index (χ0) is 14.7. The van der Waals surface area contributed by atoms with Crippen molar-refractivity contribution in [1.82, 2.24) is 9.78 Å². The summed E-state index contributed by atoms with van der Waals surface area (Å²) in [6.07, 6.45) is 1.56. The van der Waals surface area contributed by atoms with Gasteiger partial charge in [0.05, 0.1) is 11.9 Å². The number of nitrogens with zero attached hydrogens (tertiary/aromatic N) is 2. The smallest absolute Gasteiger partial charge is 0.287 e. The molecule has 1 atom stereocenters. The van der Waals surface area contributed by atoms with Crippen molar-refractivity contribution in [2.24, 2.45) is 0 Å². The van der Waals surface area contributed by atoms with Crippen molar-refractivity contribution in [3.8, 4) is 0 Å². The third-order valence-corrected chi connectivity index (χ3v) is 3.61. The van der Waals surface area contributed by atoms with Crippen LogP contribution in [0.1, 0.15) is 25.5 Å². The molecule has 0 amide bonds. The summed E-state index contributed by atoms with van der Waals surface area (Å²) in [4.78, 5) is 11.9. The van der Waals surface area contributed by atoms with Gasteiger partial charge in [0.2, 0.25) is 0 Å². The summed E-state index contributed by atoms with van der Waals surface area (Å²) in [6, 6.07) is 7.48. The Morgan fingerprint density at radius 2 is 2.15 bits per heavy atom. The van der Waals surface area contributed by atoms with Crippen LogP contribution < -0.4 is 10.9 Å². The minimum Gasteiger partial charge on any atom is -0.376 e. The van der Waals surface area contributed by atoms with E-state index in [0.717, 1.165) is 5.56 Å². The van der Waals surface area contributed by atoms with E-state index in [2.05, 4.69) is 10.4 Å². The Morgan fingerprint density at radius 1 is 1.40 bits per heavy atom. The molecule has 1 N–H and O–H groups in total. The van der Waals surface area contributed by atoms with E-state index in [4.69, 9.17) is 23.2 Å². The van der Waals surface area contributed by atoms with Gasteiger partial charge in [-0.15, -0.1) is 0 Å². The number of benzene rings is 1. The van der Waals surface area contributed by atoms with Crippen molar-refractivity contribution < 1.29 is 0 Å². The molecule has 2 rings (SSSR count). The van der Waals surface area contributed by atoms with E-state index in [1.54, 1.807) is 6.20 Å². The molecule has 1 aromatic heterocycles. The van der Waals surface area contributed by atoms with Gasteiger partial charge in [-0.05, 0) is 31.5 Å². The Bertz CT molecular complexity index is 670. The third-order valence-electron chi connectivity index (χ3n) is 3.01. The van der Waals surface area contributed by atoms with Crippen LogP contribution in [0.25, 0.3) is 0 Å². The largest absolute Gasteiger partial charge is 0.376 e. The highest BCUT2D eigenvalue weighted by atomic mass is 35.5. The molecule has 1 unspecified atom stereocenters. The summed E-state index contributed by atoms with van der Waals surface area (Å²) < 4.78 is 1.32. The van der Waals surface area contributed by atoms with Crippen LogP contribution >= 0.6 is 23.2 Å². The van der Waals surface area contributed by atoms with Crippen LogP contribution in [-0.2, 0) is 6.54 Å². The van der Waals surface area contributed by atoms with Crippen molar-refractivity contribution in [2.75, 3.05) is 5.32 Å². The summed E-state index contributed by atoms with van der Waals surface area (Å²) in [7, 11) is 0. The second-order valence-corrected chi connectivity index (χ2v) is 5.23. The van der Waals surface area contributed by atoms with Gasteiger partial charge in [-0.2, -0.15) is 5.10 Å². The topological polar surface area (TPSA) is 46.9 Å². The normalized spacial score (nSPS) is 12.2. The minimum atomic E-state index is -0.294. The molecule has 6 heteroatoms.